The van der Waals surface area contributed by atoms with E-state index in [9.17, 15) is 9.59 Å². The Morgan fingerprint density at radius 1 is 1.25 bits per heavy atom. The summed E-state index contributed by atoms with van der Waals surface area (Å²) in [6.45, 7) is 4.25. The summed E-state index contributed by atoms with van der Waals surface area (Å²) in [5, 5.41) is 0.303. The molecule has 0 N–H and O–H groups in total. The molecule has 1 aliphatic heterocycles. The first-order valence-electron chi connectivity index (χ1n) is 5.04. The van der Waals surface area contributed by atoms with Gasteiger partial charge in [0.2, 0.25) is 0 Å². The zero-order chi connectivity index (χ0) is 12.0. The van der Waals surface area contributed by atoms with Crippen molar-refractivity contribution in [3.63, 3.8) is 0 Å². The van der Waals surface area contributed by atoms with Gasteiger partial charge in [-0.3, -0.25) is 0 Å². The molecule has 0 amide bonds. The predicted octanol–water partition coefficient (Wildman–Crippen LogP) is 1.09. The monoisotopic (exact) mass is 246 g/mol. The summed E-state index contributed by atoms with van der Waals surface area (Å²) < 4.78 is 14.8. The largest absolute Gasteiger partial charge is 0.485 e. The van der Waals surface area contributed by atoms with Crippen molar-refractivity contribution >= 4 is 23.7 Å². The number of hydrogen-bond acceptors (Lipinski definition) is 6. The van der Waals surface area contributed by atoms with Gasteiger partial charge in [0, 0.05) is 5.75 Å². The lowest BCUT2D eigenvalue weighted by molar-refractivity contribution is -0.146. The van der Waals surface area contributed by atoms with Gasteiger partial charge in [0.1, 0.15) is 0 Å². The van der Waals surface area contributed by atoms with E-state index >= 15 is 0 Å². The maximum Gasteiger partial charge on any atom is 0.350 e. The van der Waals surface area contributed by atoms with Gasteiger partial charge in [-0.15, -0.1) is 0 Å². The Labute approximate surface area is 98.1 Å². The first kappa shape index (κ1) is 12.9. The summed E-state index contributed by atoms with van der Waals surface area (Å²) in [4.78, 5) is 23.1. The van der Waals surface area contributed by atoms with Crippen LogP contribution in [0, 0.1) is 0 Å². The third-order valence-electron chi connectivity index (χ3n) is 1.71. The zero-order valence-electron chi connectivity index (χ0n) is 9.28. The number of carbonyl (C=O) groups excluding carboxylic acids is 2. The van der Waals surface area contributed by atoms with Crippen molar-refractivity contribution in [3.05, 3.63) is 10.7 Å². The Kier molecular flexibility index (Phi) is 5.18. The molecule has 0 spiro atoms. The van der Waals surface area contributed by atoms with Crippen LogP contribution in [0.15, 0.2) is 10.7 Å². The molecule has 1 heterocycles. The third kappa shape index (κ3) is 3.16. The van der Waals surface area contributed by atoms with Gasteiger partial charge in [0.15, 0.2) is 10.7 Å². The SMILES string of the molecule is CCOC(=O)C(C(=O)OCC)=C1OCCS1. The van der Waals surface area contributed by atoms with E-state index in [2.05, 4.69) is 0 Å². The second-order valence-electron chi connectivity index (χ2n) is 2.80. The molecule has 0 aromatic rings. The molecule has 0 unspecified atom stereocenters. The number of ether oxygens (including phenoxy) is 3. The van der Waals surface area contributed by atoms with Crippen LogP contribution >= 0.6 is 11.8 Å². The molecule has 0 atom stereocenters. The quantitative estimate of drug-likeness (QED) is 0.320. The minimum atomic E-state index is -0.689. The van der Waals surface area contributed by atoms with Gasteiger partial charge in [-0.1, -0.05) is 11.8 Å². The van der Waals surface area contributed by atoms with E-state index in [4.69, 9.17) is 14.2 Å². The molecule has 0 radical (unpaired) electrons. The van der Waals surface area contributed by atoms with Gasteiger partial charge < -0.3 is 14.2 Å². The normalized spacial score (nSPS) is 14.2. The summed E-state index contributed by atoms with van der Waals surface area (Å²) in [7, 11) is 0. The van der Waals surface area contributed by atoms with Crippen LogP contribution in [-0.2, 0) is 23.8 Å². The summed E-state index contributed by atoms with van der Waals surface area (Å²) >= 11 is 1.31. The second kappa shape index (κ2) is 6.42. The lowest BCUT2D eigenvalue weighted by atomic mass is 10.3. The standard InChI is InChI=1S/C10H14O5S/c1-3-13-8(11)7(9(12)14-4-2)10-15-5-6-16-10/h3-6H2,1-2H3. The molecule has 0 aromatic heterocycles. The highest BCUT2D eigenvalue weighted by molar-refractivity contribution is 8.03. The van der Waals surface area contributed by atoms with Crippen LogP contribution in [0.25, 0.3) is 0 Å². The van der Waals surface area contributed by atoms with Crippen molar-refractivity contribution in [3.8, 4) is 0 Å². The highest BCUT2D eigenvalue weighted by Gasteiger charge is 2.29. The number of carbonyl (C=O) groups is 2. The highest BCUT2D eigenvalue weighted by Crippen LogP contribution is 2.28. The smallest absolute Gasteiger partial charge is 0.350 e. The molecule has 1 aliphatic rings. The minimum absolute atomic E-state index is 0.133. The fourth-order valence-electron chi connectivity index (χ4n) is 1.11. The number of rotatable bonds is 4. The minimum Gasteiger partial charge on any atom is -0.485 e. The predicted molar refractivity (Wildman–Crippen MR) is 58.7 cm³/mol. The molecule has 0 aromatic carbocycles. The van der Waals surface area contributed by atoms with Gasteiger partial charge in [-0.25, -0.2) is 9.59 Å². The van der Waals surface area contributed by atoms with Crippen molar-refractivity contribution < 1.29 is 23.8 Å². The Morgan fingerprint density at radius 2 is 1.81 bits per heavy atom. The molecule has 16 heavy (non-hydrogen) atoms. The van der Waals surface area contributed by atoms with Gasteiger partial charge >= 0.3 is 11.9 Å². The Hall–Kier alpha value is -1.17. The van der Waals surface area contributed by atoms with E-state index in [-0.39, 0.29) is 18.8 Å². The number of esters is 2. The maximum absolute atomic E-state index is 11.6. The zero-order valence-corrected chi connectivity index (χ0v) is 10.1. The maximum atomic E-state index is 11.6. The van der Waals surface area contributed by atoms with Crippen LogP contribution in [0.5, 0.6) is 0 Å². The van der Waals surface area contributed by atoms with Gasteiger partial charge in [-0.05, 0) is 13.8 Å². The Bertz CT molecular complexity index is 282. The molecular formula is C10H14O5S. The molecular weight excluding hydrogens is 232 g/mol. The van der Waals surface area contributed by atoms with Crippen LogP contribution in [0.4, 0.5) is 0 Å². The van der Waals surface area contributed by atoms with E-state index in [1.54, 1.807) is 13.8 Å². The van der Waals surface area contributed by atoms with E-state index in [1.165, 1.54) is 11.8 Å². The third-order valence-corrected chi connectivity index (χ3v) is 2.67. The average molecular weight is 246 g/mol. The van der Waals surface area contributed by atoms with Crippen molar-refractivity contribution in [2.24, 2.45) is 0 Å². The molecule has 1 rings (SSSR count). The summed E-state index contributed by atoms with van der Waals surface area (Å²) in [6.07, 6.45) is 0. The van der Waals surface area contributed by atoms with Crippen LogP contribution in [0.3, 0.4) is 0 Å². The molecule has 0 saturated carbocycles. The topological polar surface area (TPSA) is 61.8 Å². The summed E-state index contributed by atoms with van der Waals surface area (Å²) in [5.74, 6) is -0.659. The van der Waals surface area contributed by atoms with Gasteiger partial charge in [-0.2, -0.15) is 0 Å². The number of hydrogen-bond donors (Lipinski definition) is 0. The van der Waals surface area contributed by atoms with E-state index < -0.39 is 11.9 Å². The van der Waals surface area contributed by atoms with Gasteiger partial charge in [0.25, 0.3) is 0 Å². The molecule has 90 valence electrons. The van der Waals surface area contributed by atoms with Crippen molar-refractivity contribution in [1.82, 2.24) is 0 Å². The van der Waals surface area contributed by atoms with Crippen molar-refractivity contribution in [1.29, 1.82) is 0 Å². The summed E-state index contributed by atoms with van der Waals surface area (Å²) in [6, 6.07) is 0. The van der Waals surface area contributed by atoms with Gasteiger partial charge in [0.05, 0.1) is 19.8 Å². The van der Waals surface area contributed by atoms with E-state index in [1.807, 2.05) is 0 Å². The highest BCUT2D eigenvalue weighted by atomic mass is 32.2. The van der Waals surface area contributed by atoms with E-state index in [0.717, 1.165) is 5.75 Å². The molecule has 0 bridgehead atoms. The second-order valence-corrected chi connectivity index (χ2v) is 3.87. The van der Waals surface area contributed by atoms with Crippen LogP contribution in [0.1, 0.15) is 13.8 Å². The molecule has 0 aliphatic carbocycles. The molecule has 1 saturated heterocycles. The lowest BCUT2D eigenvalue weighted by Gasteiger charge is -2.08. The molecule has 6 heteroatoms. The first-order valence-corrected chi connectivity index (χ1v) is 6.03. The molecule has 1 fully saturated rings. The van der Waals surface area contributed by atoms with Crippen molar-refractivity contribution in [2.45, 2.75) is 13.8 Å². The lowest BCUT2D eigenvalue weighted by Crippen LogP contribution is -2.20. The Morgan fingerprint density at radius 3 is 2.19 bits per heavy atom. The Balaban J connectivity index is 2.88. The van der Waals surface area contributed by atoms with Crippen LogP contribution in [-0.4, -0.2) is 37.5 Å². The average Bonchev–Trinajstić information content (AvgIpc) is 2.72. The summed E-state index contributed by atoms with van der Waals surface area (Å²) in [5.41, 5.74) is -0.133. The van der Waals surface area contributed by atoms with Crippen LogP contribution < -0.4 is 0 Å². The fourth-order valence-corrected chi connectivity index (χ4v) is 1.94. The first-order chi connectivity index (χ1) is 7.70. The van der Waals surface area contributed by atoms with Crippen molar-refractivity contribution in [2.75, 3.05) is 25.6 Å². The number of thioether (sulfide) groups is 1. The molecule has 5 nitrogen and oxygen atoms in total. The van der Waals surface area contributed by atoms with Crippen LogP contribution in [0.2, 0.25) is 0 Å². The van der Waals surface area contributed by atoms with E-state index in [0.29, 0.717) is 11.7 Å². The fraction of sp³-hybridized carbons (Fsp3) is 0.600.